The fourth-order valence-corrected chi connectivity index (χ4v) is 12.4. The highest BCUT2D eigenvalue weighted by Gasteiger charge is 2.48. The minimum atomic E-state index is -2.52. The molecule has 2 aromatic rings. The van der Waals surface area contributed by atoms with Crippen LogP contribution < -0.4 is 21.3 Å². The lowest BCUT2D eigenvalue weighted by atomic mass is 9.85. The maximum absolute atomic E-state index is 14.1. The molecule has 16 nitrogen and oxygen atoms in total. The van der Waals surface area contributed by atoms with Crippen LogP contribution in [0.15, 0.2) is 60.7 Å². The Hall–Kier alpha value is -4.35. The fourth-order valence-electron chi connectivity index (χ4n) is 7.82. The van der Waals surface area contributed by atoms with Crippen molar-refractivity contribution in [2.24, 2.45) is 10.8 Å². The molecule has 0 radical (unpaired) electrons. The van der Waals surface area contributed by atoms with Crippen LogP contribution in [0.3, 0.4) is 0 Å². The van der Waals surface area contributed by atoms with Crippen LogP contribution in [0.2, 0.25) is 36.3 Å². The third-order valence-electron chi connectivity index (χ3n) is 14.5. The second-order valence-corrected chi connectivity index (χ2v) is 37.0. The molecule has 6 amide bonds. The van der Waals surface area contributed by atoms with Gasteiger partial charge in [-0.3, -0.25) is 38.4 Å². The Morgan fingerprint density at radius 2 is 0.821 bits per heavy atom. The van der Waals surface area contributed by atoms with Crippen LogP contribution in [0.25, 0.3) is 0 Å². The minimum Gasteiger partial charge on any atom is -0.404 e. The zero-order valence-corrected chi connectivity index (χ0v) is 53.7. The molecule has 0 aliphatic carbocycles. The first-order chi connectivity index (χ1) is 36.1. The van der Waals surface area contributed by atoms with Crippen molar-refractivity contribution in [3.05, 3.63) is 71.8 Å². The number of benzene rings is 2. The van der Waals surface area contributed by atoms with Gasteiger partial charge in [0.1, 0.15) is 23.8 Å². The van der Waals surface area contributed by atoms with Gasteiger partial charge < -0.3 is 39.9 Å². The van der Waals surface area contributed by atoms with Gasteiger partial charge in [-0.2, -0.15) is 0 Å². The standard InChI is InChI=1S/C58H96N6O10S2Si2/c1-43(65)39-49(69)63(35-29-45-23-19-17-20-24-45)41-57(9,10)51(73-77(13,14)55(3,4)5)53(71)61-31-27-47(67)59-33-37-75-76-38-34-60-48(68)28-32-62-54(72)52(74-78(15,16)56(6,7)8)58(11,12)42-64(50(70)40-44(2)66)36-30-46-25-21-18-22-26-46/h17-26,51-52H,27-42H2,1-16H3,(H,59,67)(H,60,68)(H,61,71)(H,62,72)/t51-,52-/m0/s1. The summed E-state index contributed by atoms with van der Waals surface area (Å²) in [6.45, 7) is 33.4. The average molecular weight is 1160 g/mol. The Morgan fingerprint density at radius 1 is 0.500 bits per heavy atom. The molecule has 0 bridgehead atoms. The van der Waals surface area contributed by atoms with E-state index in [0.29, 0.717) is 50.5 Å². The first kappa shape index (κ1) is 69.8. The van der Waals surface area contributed by atoms with Crippen molar-refractivity contribution >= 4 is 85.2 Å². The number of carbonyl (C=O) groups excluding carboxylic acids is 8. The summed E-state index contributed by atoms with van der Waals surface area (Å²) >= 11 is 0. The van der Waals surface area contributed by atoms with Crippen LogP contribution in [-0.2, 0) is 60.0 Å². The molecule has 20 heteroatoms. The first-order valence-electron chi connectivity index (χ1n) is 27.4. The maximum Gasteiger partial charge on any atom is 0.248 e. The molecular weight excluding hydrogens is 1060 g/mol. The maximum atomic E-state index is 14.1. The van der Waals surface area contributed by atoms with Gasteiger partial charge in [-0.15, -0.1) is 0 Å². The number of rotatable bonds is 35. The van der Waals surface area contributed by atoms with Gasteiger partial charge in [0.25, 0.3) is 0 Å². The smallest absolute Gasteiger partial charge is 0.248 e. The predicted molar refractivity (Wildman–Crippen MR) is 322 cm³/mol. The lowest BCUT2D eigenvalue weighted by Crippen LogP contribution is -2.57. The highest BCUT2D eigenvalue weighted by molar-refractivity contribution is 8.76. The summed E-state index contributed by atoms with van der Waals surface area (Å²) in [7, 11) is -1.92. The van der Waals surface area contributed by atoms with Gasteiger partial charge >= 0.3 is 0 Å². The predicted octanol–water partition coefficient (Wildman–Crippen LogP) is 8.55. The largest absolute Gasteiger partial charge is 0.404 e. The number of ketones is 2. The molecule has 0 spiro atoms. The molecule has 0 aliphatic heterocycles. The summed E-state index contributed by atoms with van der Waals surface area (Å²) in [5.74, 6) is -0.990. The van der Waals surface area contributed by atoms with E-state index in [2.05, 4.69) is 89.0 Å². The molecule has 2 atom stereocenters. The van der Waals surface area contributed by atoms with Crippen molar-refractivity contribution in [3.63, 3.8) is 0 Å². The van der Waals surface area contributed by atoms with Crippen LogP contribution in [-0.4, -0.2) is 150 Å². The lowest BCUT2D eigenvalue weighted by molar-refractivity contribution is -0.142. The Bertz CT molecular complexity index is 2120. The Kier molecular flexibility index (Phi) is 28.8. The number of nitrogens with one attached hydrogen (secondary N) is 4. The highest BCUT2D eigenvalue weighted by Crippen LogP contribution is 2.41. The SMILES string of the molecule is CC(=O)CC(=O)N(CCc1ccccc1)CC(C)(C)[C@@H](O[Si](C)(C)C(C)(C)C)C(=O)NCCC(=O)NCCSSCCNC(=O)CCNC(=O)[C@H](O[Si](C)(C)C(C)(C)C)C(C)(C)CN(CCc1ccccc1)C(=O)CC(C)=O. The van der Waals surface area contributed by atoms with Gasteiger partial charge in [-0.1, -0.05) is 151 Å². The Balaban J connectivity index is 1.90. The van der Waals surface area contributed by atoms with Crippen molar-refractivity contribution in [1.82, 2.24) is 31.1 Å². The molecule has 0 unspecified atom stereocenters. The van der Waals surface area contributed by atoms with Gasteiger partial charge in [0.05, 0.1) is 12.8 Å². The van der Waals surface area contributed by atoms with Crippen molar-refractivity contribution in [2.75, 3.05) is 63.9 Å². The molecule has 4 N–H and O–H groups in total. The number of nitrogens with zero attached hydrogens (tertiary/aromatic N) is 2. The van der Waals surface area contributed by atoms with E-state index in [1.165, 1.54) is 13.8 Å². The van der Waals surface area contributed by atoms with Crippen LogP contribution in [0, 0.1) is 10.8 Å². The quantitative estimate of drug-likeness (QED) is 0.0222. The second kappa shape index (κ2) is 32.2. The molecule has 78 heavy (non-hydrogen) atoms. The second-order valence-electron chi connectivity index (χ2n) is 24.8. The minimum absolute atomic E-state index is 0.0582. The fraction of sp³-hybridized carbons (Fsp3) is 0.655. The molecule has 0 aromatic heterocycles. The molecule has 2 rings (SSSR count). The monoisotopic (exact) mass is 1160 g/mol. The average Bonchev–Trinajstić information content (AvgIpc) is 3.32. The summed E-state index contributed by atoms with van der Waals surface area (Å²) in [6.07, 6.45) is -1.05. The molecule has 0 aliphatic rings. The van der Waals surface area contributed by atoms with E-state index >= 15 is 0 Å². The van der Waals surface area contributed by atoms with Gasteiger partial charge in [0, 0.05) is 87.5 Å². The zero-order valence-electron chi connectivity index (χ0n) is 50.0. The molecule has 0 saturated carbocycles. The molecular formula is C58H96N6O10S2Si2. The zero-order chi connectivity index (χ0) is 59.1. The molecule has 0 fully saturated rings. The Morgan fingerprint density at radius 3 is 1.12 bits per heavy atom. The topological polar surface area (TPSA) is 210 Å². The normalized spacial score (nSPS) is 13.2. The van der Waals surface area contributed by atoms with Crippen molar-refractivity contribution < 1.29 is 47.2 Å². The van der Waals surface area contributed by atoms with E-state index in [0.717, 1.165) is 11.1 Å². The highest BCUT2D eigenvalue weighted by atomic mass is 33.1. The third kappa shape index (κ3) is 25.4. The van der Waals surface area contributed by atoms with E-state index in [4.69, 9.17) is 8.85 Å². The summed E-state index contributed by atoms with van der Waals surface area (Å²) < 4.78 is 13.6. The first-order valence-corrected chi connectivity index (χ1v) is 35.7. The summed E-state index contributed by atoms with van der Waals surface area (Å²) in [5, 5.41) is 11.2. The summed E-state index contributed by atoms with van der Waals surface area (Å²) in [5.41, 5.74) is 0.382. The molecule has 0 heterocycles. The van der Waals surface area contributed by atoms with Gasteiger partial charge in [0.2, 0.25) is 35.4 Å². The molecule has 438 valence electrons. The molecule has 2 aromatic carbocycles. The third-order valence-corrected chi connectivity index (χ3v) is 25.7. The van der Waals surface area contributed by atoms with Crippen LogP contribution in [0.5, 0.6) is 0 Å². The van der Waals surface area contributed by atoms with E-state index in [1.54, 1.807) is 31.4 Å². The van der Waals surface area contributed by atoms with Crippen LogP contribution in [0.1, 0.15) is 120 Å². The number of hydrogen-bond donors (Lipinski definition) is 4. The van der Waals surface area contributed by atoms with Crippen molar-refractivity contribution in [3.8, 4) is 0 Å². The number of carbonyl (C=O) groups is 8. The van der Waals surface area contributed by atoms with Gasteiger partial charge in [-0.25, -0.2) is 0 Å². The van der Waals surface area contributed by atoms with Gasteiger partial charge in [-0.05, 0) is 74.1 Å². The van der Waals surface area contributed by atoms with E-state index in [9.17, 15) is 38.4 Å². The van der Waals surface area contributed by atoms with Crippen molar-refractivity contribution in [1.29, 1.82) is 0 Å². The van der Waals surface area contributed by atoms with E-state index in [1.807, 2.05) is 88.4 Å². The lowest BCUT2D eigenvalue weighted by Gasteiger charge is -2.44. The van der Waals surface area contributed by atoms with Crippen LogP contribution >= 0.6 is 21.6 Å². The number of hydrogen-bond acceptors (Lipinski definition) is 12. The summed E-state index contributed by atoms with van der Waals surface area (Å²) in [6, 6.07) is 19.6. The number of amides is 6. The van der Waals surface area contributed by atoms with Crippen molar-refractivity contribution in [2.45, 2.75) is 170 Å². The van der Waals surface area contributed by atoms with E-state index < -0.39 is 39.7 Å². The van der Waals surface area contributed by atoms with E-state index in [-0.39, 0.29) is 109 Å². The molecule has 0 saturated heterocycles. The summed E-state index contributed by atoms with van der Waals surface area (Å²) in [4.78, 5) is 108. The number of Topliss-reactive ketones (excluding diaryl/α,β-unsaturated/α-hetero) is 2. The van der Waals surface area contributed by atoms with Crippen LogP contribution in [0.4, 0.5) is 0 Å². The van der Waals surface area contributed by atoms with Gasteiger partial charge in [0.15, 0.2) is 16.6 Å². The Labute approximate surface area is 477 Å².